The molecule has 22 heavy (non-hydrogen) atoms. The summed E-state index contributed by atoms with van der Waals surface area (Å²) in [5, 5.41) is 7.53. The minimum Gasteiger partial charge on any atom is -0.352 e. The maximum atomic E-state index is 12.4. The van der Waals surface area contributed by atoms with Crippen molar-refractivity contribution in [2.45, 2.75) is 51.1 Å². The lowest BCUT2D eigenvalue weighted by atomic mass is 9.95. The van der Waals surface area contributed by atoms with E-state index in [2.05, 4.69) is 10.4 Å². The molecule has 0 bridgehead atoms. The summed E-state index contributed by atoms with van der Waals surface area (Å²) in [5.74, 6) is 0.0645. The SMILES string of the molecule is C[C@@H](C(=O)NC1CCCCC1)n1cc(-c2ccccc2)cn1. The Morgan fingerprint density at radius 1 is 1.18 bits per heavy atom. The van der Waals surface area contributed by atoms with E-state index in [1.165, 1.54) is 19.3 Å². The van der Waals surface area contributed by atoms with Gasteiger partial charge in [-0.2, -0.15) is 5.10 Å². The largest absolute Gasteiger partial charge is 0.352 e. The van der Waals surface area contributed by atoms with Gasteiger partial charge in [0.2, 0.25) is 5.91 Å². The first kappa shape index (κ1) is 14.8. The van der Waals surface area contributed by atoms with Gasteiger partial charge >= 0.3 is 0 Å². The van der Waals surface area contributed by atoms with Crippen molar-refractivity contribution in [3.05, 3.63) is 42.7 Å². The van der Waals surface area contributed by atoms with E-state index >= 15 is 0 Å². The summed E-state index contributed by atoms with van der Waals surface area (Å²) in [6.45, 7) is 1.90. The van der Waals surface area contributed by atoms with Gasteiger partial charge in [0.1, 0.15) is 6.04 Å². The molecule has 0 radical (unpaired) electrons. The highest BCUT2D eigenvalue weighted by Crippen LogP contribution is 2.21. The van der Waals surface area contributed by atoms with Gasteiger partial charge in [0.25, 0.3) is 0 Å². The van der Waals surface area contributed by atoms with E-state index in [-0.39, 0.29) is 11.9 Å². The van der Waals surface area contributed by atoms with Crippen LogP contribution in [0.4, 0.5) is 0 Å². The summed E-state index contributed by atoms with van der Waals surface area (Å²) in [6.07, 6.45) is 9.71. The molecular weight excluding hydrogens is 274 g/mol. The van der Waals surface area contributed by atoms with E-state index < -0.39 is 0 Å². The Labute approximate surface area is 131 Å². The number of benzene rings is 1. The standard InChI is InChI=1S/C18H23N3O/c1-14(18(22)20-17-10-6-3-7-11-17)21-13-16(12-19-21)15-8-4-2-5-9-15/h2,4-5,8-9,12-14,17H,3,6-7,10-11H2,1H3,(H,20,22)/t14-/m0/s1. The zero-order chi connectivity index (χ0) is 15.4. The number of carbonyl (C=O) groups is 1. The van der Waals surface area contributed by atoms with Crippen molar-refractivity contribution in [3.63, 3.8) is 0 Å². The van der Waals surface area contributed by atoms with E-state index in [0.717, 1.165) is 24.0 Å². The van der Waals surface area contributed by atoms with Gasteiger partial charge in [0.15, 0.2) is 0 Å². The number of rotatable bonds is 4. The van der Waals surface area contributed by atoms with Crippen molar-refractivity contribution in [3.8, 4) is 11.1 Å². The van der Waals surface area contributed by atoms with Gasteiger partial charge < -0.3 is 5.32 Å². The molecule has 1 aromatic heterocycles. The van der Waals surface area contributed by atoms with Crippen molar-refractivity contribution in [1.29, 1.82) is 0 Å². The monoisotopic (exact) mass is 297 g/mol. The first-order chi connectivity index (χ1) is 10.7. The van der Waals surface area contributed by atoms with Gasteiger partial charge in [-0.3, -0.25) is 9.48 Å². The molecule has 0 spiro atoms. The van der Waals surface area contributed by atoms with Crippen molar-refractivity contribution < 1.29 is 4.79 Å². The van der Waals surface area contributed by atoms with Crippen LogP contribution in [0.2, 0.25) is 0 Å². The molecule has 4 nitrogen and oxygen atoms in total. The molecule has 1 amide bonds. The van der Waals surface area contributed by atoms with E-state index in [9.17, 15) is 4.79 Å². The number of amides is 1. The summed E-state index contributed by atoms with van der Waals surface area (Å²) in [4.78, 5) is 12.4. The number of nitrogens with zero attached hydrogens (tertiary/aromatic N) is 2. The molecule has 116 valence electrons. The molecule has 1 saturated carbocycles. The fraction of sp³-hybridized carbons (Fsp3) is 0.444. The lowest BCUT2D eigenvalue weighted by Gasteiger charge is -2.24. The average molecular weight is 297 g/mol. The zero-order valence-electron chi connectivity index (χ0n) is 13.0. The van der Waals surface area contributed by atoms with Crippen LogP contribution in [0.15, 0.2) is 42.7 Å². The Bertz CT molecular complexity index is 614. The number of nitrogens with one attached hydrogen (secondary N) is 1. The Morgan fingerprint density at radius 2 is 1.91 bits per heavy atom. The van der Waals surface area contributed by atoms with Crippen LogP contribution in [0.25, 0.3) is 11.1 Å². The molecular formula is C18H23N3O. The zero-order valence-corrected chi connectivity index (χ0v) is 13.0. The van der Waals surface area contributed by atoms with Gasteiger partial charge in [-0.25, -0.2) is 0 Å². The van der Waals surface area contributed by atoms with Crippen LogP contribution >= 0.6 is 0 Å². The molecule has 1 heterocycles. The topological polar surface area (TPSA) is 46.9 Å². The Kier molecular flexibility index (Phi) is 4.56. The lowest BCUT2D eigenvalue weighted by molar-refractivity contribution is -0.125. The molecule has 1 N–H and O–H groups in total. The fourth-order valence-electron chi connectivity index (χ4n) is 3.02. The number of hydrogen-bond donors (Lipinski definition) is 1. The van der Waals surface area contributed by atoms with Crippen LogP contribution in [-0.4, -0.2) is 21.7 Å². The second kappa shape index (κ2) is 6.77. The molecule has 1 aliphatic rings. The summed E-state index contributed by atoms with van der Waals surface area (Å²) in [7, 11) is 0. The van der Waals surface area contributed by atoms with Crippen LogP contribution in [0, 0.1) is 0 Å². The van der Waals surface area contributed by atoms with Crippen LogP contribution < -0.4 is 5.32 Å². The summed E-state index contributed by atoms with van der Waals surface area (Å²) >= 11 is 0. The molecule has 3 rings (SSSR count). The van der Waals surface area contributed by atoms with E-state index in [0.29, 0.717) is 6.04 Å². The lowest BCUT2D eigenvalue weighted by Crippen LogP contribution is -2.40. The Morgan fingerprint density at radius 3 is 2.64 bits per heavy atom. The first-order valence-electron chi connectivity index (χ1n) is 8.14. The third-order valence-corrected chi connectivity index (χ3v) is 4.44. The highest BCUT2D eigenvalue weighted by molar-refractivity contribution is 5.80. The number of aromatic nitrogens is 2. The molecule has 4 heteroatoms. The minimum absolute atomic E-state index is 0.0645. The Hall–Kier alpha value is -2.10. The quantitative estimate of drug-likeness (QED) is 0.938. The van der Waals surface area contributed by atoms with Gasteiger partial charge in [-0.05, 0) is 25.3 Å². The average Bonchev–Trinajstić information content (AvgIpc) is 3.06. The molecule has 1 aromatic carbocycles. The third kappa shape index (κ3) is 3.38. The van der Waals surface area contributed by atoms with Gasteiger partial charge in [-0.1, -0.05) is 49.6 Å². The van der Waals surface area contributed by atoms with E-state index in [1.54, 1.807) is 4.68 Å². The van der Waals surface area contributed by atoms with Gasteiger partial charge in [0, 0.05) is 17.8 Å². The number of hydrogen-bond acceptors (Lipinski definition) is 2. The van der Waals surface area contributed by atoms with Crippen LogP contribution in [0.3, 0.4) is 0 Å². The molecule has 0 unspecified atom stereocenters. The Balaban J connectivity index is 1.65. The van der Waals surface area contributed by atoms with Gasteiger partial charge in [0.05, 0.1) is 6.20 Å². The highest BCUT2D eigenvalue weighted by atomic mass is 16.2. The van der Waals surface area contributed by atoms with Crippen molar-refractivity contribution in [1.82, 2.24) is 15.1 Å². The van der Waals surface area contributed by atoms with Crippen molar-refractivity contribution in [2.75, 3.05) is 0 Å². The predicted molar refractivity (Wildman–Crippen MR) is 87.4 cm³/mol. The fourth-order valence-corrected chi connectivity index (χ4v) is 3.02. The first-order valence-corrected chi connectivity index (χ1v) is 8.14. The molecule has 1 atom stereocenters. The van der Waals surface area contributed by atoms with Crippen LogP contribution in [-0.2, 0) is 4.79 Å². The van der Waals surface area contributed by atoms with Gasteiger partial charge in [-0.15, -0.1) is 0 Å². The maximum absolute atomic E-state index is 12.4. The molecule has 1 fully saturated rings. The van der Waals surface area contributed by atoms with Crippen LogP contribution in [0.1, 0.15) is 45.1 Å². The minimum atomic E-state index is -0.278. The maximum Gasteiger partial charge on any atom is 0.244 e. The molecule has 2 aromatic rings. The van der Waals surface area contributed by atoms with E-state index in [4.69, 9.17) is 0 Å². The summed E-state index contributed by atoms with van der Waals surface area (Å²) in [5.41, 5.74) is 2.16. The van der Waals surface area contributed by atoms with Crippen LogP contribution in [0.5, 0.6) is 0 Å². The second-order valence-electron chi connectivity index (χ2n) is 6.09. The third-order valence-electron chi connectivity index (χ3n) is 4.44. The second-order valence-corrected chi connectivity index (χ2v) is 6.09. The molecule has 1 aliphatic carbocycles. The van der Waals surface area contributed by atoms with E-state index in [1.807, 2.05) is 49.6 Å². The smallest absolute Gasteiger partial charge is 0.244 e. The number of carbonyl (C=O) groups excluding carboxylic acids is 1. The van der Waals surface area contributed by atoms with Crippen molar-refractivity contribution in [2.24, 2.45) is 0 Å². The molecule has 0 aliphatic heterocycles. The predicted octanol–water partition coefficient (Wildman–Crippen LogP) is 3.56. The normalized spacial score (nSPS) is 17.1. The molecule has 0 saturated heterocycles. The van der Waals surface area contributed by atoms with Crippen molar-refractivity contribution >= 4 is 5.91 Å². The highest BCUT2D eigenvalue weighted by Gasteiger charge is 2.21. The summed E-state index contributed by atoms with van der Waals surface area (Å²) in [6, 6.07) is 10.2. The summed E-state index contributed by atoms with van der Waals surface area (Å²) < 4.78 is 1.75.